The molecule has 64 valence electrons. The topological polar surface area (TPSA) is 0 Å². The summed E-state index contributed by atoms with van der Waals surface area (Å²) in [5, 5.41) is 0. The van der Waals surface area contributed by atoms with E-state index in [4.69, 9.17) is 0 Å². The van der Waals surface area contributed by atoms with Crippen LogP contribution < -0.4 is 0 Å². The molecule has 0 spiro atoms. The normalized spacial score (nSPS) is 9.55. The average Bonchev–Trinajstić information content (AvgIpc) is 2.06. The fourth-order valence-electron chi connectivity index (χ4n) is 0.887. The first kappa shape index (κ1) is 10.5. The summed E-state index contributed by atoms with van der Waals surface area (Å²) in [6.45, 7) is 8.77. The minimum atomic E-state index is 0.733. The molecule has 0 aliphatic carbocycles. The second-order valence-electron chi connectivity index (χ2n) is 3.02. The van der Waals surface area contributed by atoms with Crippen LogP contribution >= 0.6 is 0 Å². The molecular formula is C11H20. The molecule has 0 aliphatic rings. The van der Waals surface area contributed by atoms with Crippen molar-refractivity contribution >= 4 is 0 Å². The molecule has 0 N–H and O–H groups in total. The van der Waals surface area contributed by atoms with E-state index < -0.39 is 0 Å². The van der Waals surface area contributed by atoms with Gasteiger partial charge in [0.1, 0.15) is 0 Å². The van der Waals surface area contributed by atoms with Crippen LogP contribution in [0.1, 0.15) is 47.0 Å². The molecule has 0 bridgehead atoms. The lowest BCUT2D eigenvalue weighted by Gasteiger charge is -2.02. The predicted molar refractivity (Wildman–Crippen MR) is 51.6 cm³/mol. The number of hydrogen-bond acceptors (Lipinski definition) is 0. The van der Waals surface area contributed by atoms with Crippen molar-refractivity contribution in [3.63, 3.8) is 0 Å². The minimum Gasteiger partial charge on any atom is -0.126 e. The SMILES string of the molecule is CCC(C)=C=CC(CC)CC. The van der Waals surface area contributed by atoms with Gasteiger partial charge in [-0.3, -0.25) is 0 Å². The third-order valence-electron chi connectivity index (χ3n) is 2.14. The molecule has 11 heavy (non-hydrogen) atoms. The van der Waals surface area contributed by atoms with Crippen LogP contribution in [-0.4, -0.2) is 0 Å². The van der Waals surface area contributed by atoms with Crippen LogP contribution in [0, 0.1) is 5.92 Å². The van der Waals surface area contributed by atoms with Gasteiger partial charge >= 0.3 is 0 Å². The van der Waals surface area contributed by atoms with Crippen molar-refractivity contribution in [3.05, 3.63) is 17.4 Å². The van der Waals surface area contributed by atoms with Crippen molar-refractivity contribution in [1.82, 2.24) is 0 Å². The van der Waals surface area contributed by atoms with Crippen molar-refractivity contribution in [2.24, 2.45) is 5.92 Å². The van der Waals surface area contributed by atoms with Crippen LogP contribution in [0.2, 0.25) is 0 Å². The minimum absolute atomic E-state index is 0.733. The summed E-state index contributed by atoms with van der Waals surface area (Å²) in [7, 11) is 0. The van der Waals surface area contributed by atoms with Gasteiger partial charge in [0, 0.05) is 0 Å². The van der Waals surface area contributed by atoms with Gasteiger partial charge in [0.15, 0.2) is 0 Å². The molecular weight excluding hydrogens is 132 g/mol. The highest BCUT2D eigenvalue weighted by atomic mass is 14.0. The van der Waals surface area contributed by atoms with Crippen LogP contribution in [0.25, 0.3) is 0 Å². The van der Waals surface area contributed by atoms with Crippen molar-refractivity contribution in [2.75, 3.05) is 0 Å². The van der Waals surface area contributed by atoms with Gasteiger partial charge in [0.05, 0.1) is 0 Å². The summed E-state index contributed by atoms with van der Waals surface area (Å²) in [6.07, 6.45) is 5.82. The van der Waals surface area contributed by atoms with Crippen LogP contribution in [0.15, 0.2) is 17.4 Å². The first-order valence-corrected chi connectivity index (χ1v) is 4.66. The van der Waals surface area contributed by atoms with E-state index in [9.17, 15) is 0 Å². The molecule has 0 aliphatic heterocycles. The predicted octanol–water partition coefficient (Wildman–Crippen LogP) is 3.93. The molecule has 0 rings (SSSR count). The largest absolute Gasteiger partial charge is 0.126 e. The van der Waals surface area contributed by atoms with Crippen molar-refractivity contribution < 1.29 is 0 Å². The van der Waals surface area contributed by atoms with Crippen molar-refractivity contribution in [3.8, 4) is 0 Å². The monoisotopic (exact) mass is 152 g/mol. The van der Waals surface area contributed by atoms with Crippen molar-refractivity contribution in [2.45, 2.75) is 47.0 Å². The van der Waals surface area contributed by atoms with Gasteiger partial charge in [-0.05, 0) is 43.8 Å². The van der Waals surface area contributed by atoms with Gasteiger partial charge < -0.3 is 0 Å². The van der Waals surface area contributed by atoms with E-state index in [0.717, 1.165) is 12.3 Å². The molecule has 0 nitrogen and oxygen atoms in total. The summed E-state index contributed by atoms with van der Waals surface area (Å²) in [5.74, 6) is 0.733. The van der Waals surface area contributed by atoms with E-state index >= 15 is 0 Å². The van der Waals surface area contributed by atoms with Gasteiger partial charge in [0.2, 0.25) is 0 Å². The van der Waals surface area contributed by atoms with E-state index in [1.165, 1.54) is 18.4 Å². The van der Waals surface area contributed by atoms with Gasteiger partial charge in [-0.2, -0.15) is 0 Å². The average molecular weight is 152 g/mol. The molecule has 0 saturated carbocycles. The summed E-state index contributed by atoms with van der Waals surface area (Å²) in [4.78, 5) is 0. The highest BCUT2D eigenvalue weighted by Crippen LogP contribution is 2.08. The highest BCUT2D eigenvalue weighted by Gasteiger charge is 1.94. The Kier molecular flexibility index (Phi) is 5.97. The fourth-order valence-corrected chi connectivity index (χ4v) is 0.887. The van der Waals surface area contributed by atoms with Crippen LogP contribution in [0.5, 0.6) is 0 Å². The molecule has 0 amide bonds. The smallest absolute Gasteiger partial charge is 0.0163 e. The molecule has 0 aromatic heterocycles. The van der Waals surface area contributed by atoms with Crippen LogP contribution in [0.4, 0.5) is 0 Å². The summed E-state index contributed by atoms with van der Waals surface area (Å²) in [6, 6.07) is 0. The first-order valence-electron chi connectivity index (χ1n) is 4.66. The van der Waals surface area contributed by atoms with Gasteiger partial charge in [-0.25, -0.2) is 0 Å². The number of allylic oxidation sites excluding steroid dienone is 1. The Morgan fingerprint density at radius 1 is 1.27 bits per heavy atom. The van der Waals surface area contributed by atoms with Gasteiger partial charge in [-0.1, -0.05) is 20.8 Å². The Morgan fingerprint density at radius 2 is 1.82 bits per heavy atom. The Bertz CT molecular complexity index is 143. The maximum atomic E-state index is 3.33. The zero-order valence-electron chi connectivity index (χ0n) is 8.28. The summed E-state index contributed by atoms with van der Waals surface area (Å²) >= 11 is 0. The maximum Gasteiger partial charge on any atom is -0.0163 e. The Labute approximate surface area is 71.0 Å². The third-order valence-corrected chi connectivity index (χ3v) is 2.14. The molecule has 0 heterocycles. The van der Waals surface area contributed by atoms with E-state index in [0.29, 0.717) is 0 Å². The molecule has 0 unspecified atom stereocenters. The fraction of sp³-hybridized carbons (Fsp3) is 0.727. The molecule has 0 aromatic carbocycles. The van der Waals surface area contributed by atoms with Gasteiger partial charge in [-0.15, -0.1) is 5.73 Å². The number of rotatable bonds is 4. The standard InChI is InChI=1S/C11H20/c1-5-10(4)8-9-11(6-2)7-3/h9,11H,5-7H2,1-4H3. The quantitative estimate of drug-likeness (QED) is 0.535. The van der Waals surface area contributed by atoms with E-state index in [1.54, 1.807) is 0 Å². The maximum absolute atomic E-state index is 3.33. The Morgan fingerprint density at radius 3 is 2.18 bits per heavy atom. The van der Waals surface area contributed by atoms with Gasteiger partial charge in [0.25, 0.3) is 0 Å². The molecule has 0 fully saturated rings. The van der Waals surface area contributed by atoms with E-state index in [-0.39, 0.29) is 0 Å². The lowest BCUT2D eigenvalue weighted by Crippen LogP contribution is -1.89. The Balaban J connectivity index is 4.06. The molecule has 0 aromatic rings. The summed E-state index contributed by atoms with van der Waals surface area (Å²) in [5.41, 5.74) is 4.68. The van der Waals surface area contributed by atoms with E-state index in [1.807, 2.05) is 0 Å². The lowest BCUT2D eigenvalue weighted by atomic mass is 10.0. The van der Waals surface area contributed by atoms with Crippen LogP contribution in [-0.2, 0) is 0 Å². The zero-order valence-corrected chi connectivity index (χ0v) is 8.28. The lowest BCUT2D eigenvalue weighted by molar-refractivity contribution is 0.606. The molecule has 0 heteroatoms. The molecule has 0 atom stereocenters. The van der Waals surface area contributed by atoms with E-state index in [2.05, 4.69) is 39.5 Å². The second-order valence-corrected chi connectivity index (χ2v) is 3.02. The Hall–Kier alpha value is -0.480. The summed E-state index contributed by atoms with van der Waals surface area (Å²) < 4.78 is 0. The second kappa shape index (κ2) is 6.24. The zero-order chi connectivity index (χ0) is 8.69. The molecule has 0 radical (unpaired) electrons. The third kappa shape index (κ3) is 4.86. The highest BCUT2D eigenvalue weighted by molar-refractivity contribution is 4.98. The van der Waals surface area contributed by atoms with Crippen molar-refractivity contribution in [1.29, 1.82) is 0 Å². The first-order chi connectivity index (χ1) is 5.24. The molecule has 0 saturated heterocycles. The van der Waals surface area contributed by atoms with Crippen LogP contribution in [0.3, 0.4) is 0 Å². The number of hydrogen-bond donors (Lipinski definition) is 0.